The predicted molar refractivity (Wildman–Crippen MR) is 107 cm³/mol. The fraction of sp³-hybridized carbons (Fsp3) is 0.188. The van der Waals surface area contributed by atoms with E-state index in [-0.39, 0.29) is 5.92 Å². The number of oxime groups is 1. The van der Waals surface area contributed by atoms with E-state index in [0.717, 1.165) is 13.4 Å². The van der Waals surface area contributed by atoms with Gasteiger partial charge in [0.1, 0.15) is 5.71 Å². The van der Waals surface area contributed by atoms with Crippen LogP contribution in [0.2, 0.25) is 10.0 Å². The van der Waals surface area contributed by atoms with Crippen molar-refractivity contribution in [1.29, 1.82) is 0 Å². The summed E-state index contributed by atoms with van der Waals surface area (Å²) < 4.78 is 8.51. The van der Waals surface area contributed by atoms with Crippen LogP contribution in [0.1, 0.15) is 12.5 Å². The summed E-state index contributed by atoms with van der Waals surface area (Å²) in [6.45, 7) is 1.96. The van der Waals surface area contributed by atoms with Crippen LogP contribution in [0, 0.1) is 5.92 Å². The largest absolute Gasteiger partial charge is 0.450 e. The molecule has 3 nitrogen and oxygen atoms in total. The fourth-order valence-electron chi connectivity index (χ4n) is 2.31. The number of rotatable bonds is 3. The lowest BCUT2D eigenvalue weighted by Crippen LogP contribution is -2.27. The average molecular weight is 559 g/mol. The molecule has 1 aliphatic rings. The van der Waals surface area contributed by atoms with E-state index in [9.17, 15) is 0 Å². The van der Waals surface area contributed by atoms with Crippen LogP contribution >= 0.6 is 71.0 Å². The highest BCUT2D eigenvalue weighted by molar-refractivity contribution is 9.11. The van der Waals surface area contributed by atoms with Crippen molar-refractivity contribution >= 4 is 76.7 Å². The van der Waals surface area contributed by atoms with Crippen LogP contribution in [0.5, 0.6) is 5.75 Å². The summed E-state index contributed by atoms with van der Waals surface area (Å²) >= 11 is 22.9. The molecular formula is C16H10Br3Cl2NO2. The van der Waals surface area contributed by atoms with E-state index in [2.05, 4.69) is 52.9 Å². The molecule has 8 heteroatoms. The SMILES string of the molecule is C[C@@H]1C(c2c(Cl)cccc2Cl)=NO[C@H]1Oc1c(Br)cc(Br)cc1Br. The molecule has 0 amide bonds. The molecule has 2 aromatic carbocycles. The summed E-state index contributed by atoms with van der Waals surface area (Å²) in [7, 11) is 0. The van der Waals surface area contributed by atoms with Crippen LogP contribution in [0.15, 0.2) is 48.9 Å². The molecule has 0 fully saturated rings. The number of benzene rings is 2. The molecular weight excluding hydrogens is 549 g/mol. The Hall–Kier alpha value is -0.270. The van der Waals surface area contributed by atoms with E-state index in [4.69, 9.17) is 32.8 Å². The van der Waals surface area contributed by atoms with Crippen LogP contribution in [0.25, 0.3) is 0 Å². The Labute approximate surface area is 174 Å². The van der Waals surface area contributed by atoms with E-state index in [1.165, 1.54) is 0 Å². The molecule has 3 rings (SSSR count). The minimum atomic E-state index is -0.582. The Kier molecular flexibility index (Phi) is 5.82. The van der Waals surface area contributed by atoms with E-state index in [1.54, 1.807) is 18.2 Å². The molecule has 0 N–H and O–H groups in total. The fourth-order valence-corrected chi connectivity index (χ4v) is 5.35. The first kappa shape index (κ1) is 18.5. The Morgan fingerprint density at radius 3 is 2.25 bits per heavy atom. The lowest BCUT2D eigenvalue weighted by Gasteiger charge is -2.19. The van der Waals surface area contributed by atoms with E-state index < -0.39 is 6.29 Å². The van der Waals surface area contributed by atoms with Crippen LogP contribution < -0.4 is 4.74 Å². The molecule has 0 bridgehead atoms. The molecule has 0 saturated carbocycles. The number of hydrogen-bond donors (Lipinski definition) is 0. The second-order valence-corrected chi connectivity index (χ2v) is 8.59. The maximum absolute atomic E-state index is 6.27. The van der Waals surface area contributed by atoms with Gasteiger partial charge in [-0.2, -0.15) is 0 Å². The maximum Gasteiger partial charge on any atom is 0.273 e. The highest BCUT2D eigenvalue weighted by Crippen LogP contribution is 2.39. The van der Waals surface area contributed by atoms with Gasteiger partial charge in [0, 0.05) is 10.0 Å². The molecule has 0 aliphatic carbocycles. The zero-order valence-corrected chi connectivity index (χ0v) is 18.5. The summed E-state index contributed by atoms with van der Waals surface area (Å²) in [6.07, 6.45) is -0.582. The maximum atomic E-state index is 6.27. The molecule has 2 atom stereocenters. The van der Waals surface area contributed by atoms with Gasteiger partial charge in [-0.05, 0) is 63.0 Å². The van der Waals surface area contributed by atoms with Crippen LogP contribution in [0.4, 0.5) is 0 Å². The van der Waals surface area contributed by atoms with Crippen molar-refractivity contribution in [2.24, 2.45) is 11.1 Å². The summed E-state index contributed by atoms with van der Waals surface area (Å²) in [5.41, 5.74) is 1.34. The Bertz CT molecular complexity index is 786. The smallest absolute Gasteiger partial charge is 0.273 e. The zero-order chi connectivity index (χ0) is 17.4. The van der Waals surface area contributed by atoms with Crippen molar-refractivity contribution < 1.29 is 9.57 Å². The standard InChI is InChI=1S/C16H10Br3Cl2NO2/c1-7-14(13-11(20)3-2-4-12(13)21)22-24-16(7)23-15-9(18)5-8(17)6-10(15)19/h2-7,16H,1H3/t7-,16-/m1/s1. The summed E-state index contributed by atoms with van der Waals surface area (Å²) in [5.74, 6) is 0.488. The highest BCUT2D eigenvalue weighted by Gasteiger charge is 2.35. The minimum absolute atomic E-state index is 0.148. The molecule has 24 heavy (non-hydrogen) atoms. The van der Waals surface area contributed by atoms with E-state index in [0.29, 0.717) is 27.1 Å². The summed E-state index contributed by atoms with van der Waals surface area (Å²) in [4.78, 5) is 5.48. The van der Waals surface area contributed by atoms with E-state index in [1.807, 2.05) is 19.1 Å². The molecule has 0 saturated heterocycles. The summed E-state index contributed by atoms with van der Waals surface area (Å²) in [5, 5.41) is 5.21. The molecule has 0 aromatic heterocycles. The second kappa shape index (κ2) is 7.54. The van der Waals surface area contributed by atoms with Gasteiger partial charge in [-0.3, -0.25) is 0 Å². The van der Waals surface area contributed by atoms with Crippen LogP contribution in [-0.2, 0) is 4.84 Å². The first-order valence-corrected chi connectivity index (χ1v) is 10.0. The Balaban J connectivity index is 1.86. The third-order valence-corrected chi connectivity index (χ3v) is 5.78. The van der Waals surface area contributed by atoms with Crippen molar-refractivity contribution in [3.05, 3.63) is 59.4 Å². The number of halogens is 5. The average Bonchev–Trinajstić information content (AvgIpc) is 2.84. The normalized spacial score (nSPS) is 19.8. The molecule has 126 valence electrons. The van der Waals surface area contributed by atoms with Crippen molar-refractivity contribution in [2.75, 3.05) is 0 Å². The van der Waals surface area contributed by atoms with Gasteiger partial charge in [0.25, 0.3) is 6.29 Å². The first-order chi connectivity index (χ1) is 11.4. The third kappa shape index (κ3) is 3.63. The molecule has 1 heterocycles. The van der Waals surface area contributed by atoms with Gasteiger partial charge >= 0.3 is 0 Å². The Morgan fingerprint density at radius 2 is 1.67 bits per heavy atom. The van der Waals surface area contributed by atoms with Gasteiger partial charge < -0.3 is 9.57 Å². The lowest BCUT2D eigenvalue weighted by atomic mass is 9.98. The predicted octanol–water partition coefficient (Wildman–Crippen LogP) is 7.06. The number of hydrogen-bond acceptors (Lipinski definition) is 3. The lowest BCUT2D eigenvalue weighted by molar-refractivity contribution is -0.0775. The van der Waals surface area contributed by atoms with Gasteiger partial charge in [-0.15, -0.1) is 0 Å². The first-order valence-electron chi connectivity index (χ1n) is 6.87. The topological polar surface area (TPSA) is 30.8 Å². The molecule has 2 aromatic rings. The van der Waals surface area contributed by atoms with Crippen molar-refractivity contribution in [1.82, 2.24) is 0 Å². The number of ether oxygens (including phenoxy) is 1. The third-order valence-electron chi connectivity index (χ3n) is 3.51. The van der Waals surface area contributed by atoms with Gasteiger partial charge in [0.2, 0.25) is 0 Å². The second-order valence-electron chi connectivity index (χ2n) is 5.15. The van der Waals surface area contributed by atoms with Crippen LogP contribution in [-0.4, -0.2) is 12.0 Å². The Morgan fingerprint density at radius 1 is 1.08 bits per heavy atom. The monoisotopic (exact) mass is 555 g/mol. The minimum Gasteiger partial charge on any atom is -0.450 e. The molecule has 0 spiro atoms. The van der Waals surface area contributed by atoms with E-state index >= 15 is 0 Å². The van der Waals surface area contributed by atoms with Gasteiger partial charge in [0.15, 0.2) is 5.75 Å². The number of nitrogens with zero attached hydrogens (tertiary/aromatic N) is 1. The molecule has 0 unspecified atom stereocenters. The van der Waals surface area contributed by atoms with Crippen LogP contribution in [0.3, 0.4) is 0 Å². The van der Waals surface area contributed by atoms with Gasteiger partial charge in [0.05, 0.1) is 24.9 Å². The van der Waals surface area contributed by atoms with Gasteiger partial charge in [-0.1, -0.05) is 50.4 Å². The van der Waals surface area contributed by atoms with Crippen molar-refractivity contribution in [2.45, 2.75) is 13.2 Å². The highest BCUT2D eigenvalue weighted by atomic mass is 79.9. The van der Waals surface area contributed by atoms with Gasteiger partial charge in [-0.25, -0.2) is 0 Å². The zero-order valence-electron chi connectivity index (χ0n) is 12.2. The van der Waals surface area contributed by atoms with Crippen molar-refractivity contribution in [3.63, 3.8) is 0 Å². The molecule has 1 aliphatic heterocycles. The quantitative estimate of drug-likeness (QED) is 0.404. The van der Waals surface area contributed by atoms with Crippen molar-refractivity contribution in [3.8, 4) is 5.75 Å². The molecule has 0 radical (unpaired) electrons. The summed E-state index contributed by atoms with van der Waals surface area (Å²) in [6, 6.07) is 9.13.